The number of allylic oxidation sites excluding steroid dienone is 2. The Morgan fingerprint density at radius 2 is 1.71 bits per heavy atom. The molecule has 1 atom stereocenters. The third-order valence-corrected chi connectivity index (χ3v) is 4.52. The number of amides is 1. The summed E-state index contributed by atoms with van der Waals surface area (Å²) in [6.45, 7) is 0. The molecule has 1 heterocycles. The van der Waals surface area contributed by atoms with Crippen LogP contribution in [0.3, 0.4) is 0 Å². The molecule has 1 aliphatic carbocycles. The number of carbonyl (C=O) groups is 1. The minimum atomic E-state index is -1.43. The molecular weight excluding hydrogens is 262 g/mol. The van der Waals surface area contributed by atoms with E-state index in [2.05, 4.69) is 0 Å². The van der Waals surface area contributed by atoms with Crippen molar-refractivity contribution >= 4 is 5.91 Å². The molecule has 3 rings (SSSR count). The Morgan fingerprint density at radius 1 is 1.10 bits per heavy atom. The third-order valence-electron chi connectivity index (χ3n) is 4.52. The van der Waals surface area contributed by atoms with E-state index in [0.29, 0.717) is 5.56 Å². The van der Waals surface area contributed by atoms with E-state index in [0.717, 1.165) is 32.1 Å². The zero-order chi connectivity index (χ0) is 14.7. The van der Waals surface area contributed by atoms with Crippen LogP contribution in [0.4, 0.5) is 0 Å². The van der Waals surface area contributed by atoms with Gasteiger partial charge in [-0.15, -0.1) is 0 Å². The Bertz CT molecular complexity index is 546. The molecule has 110 valence electrons. The van der Waals surface area contributed by atoms with Crippen molar-refractivity contribution in [3.8, 4) is 0 Å². The number of aliphatic hydroxyl groups is 1. The van der Waals surface area contributed by atoms with Gasteiger partial charge in [-0.2, -0.15) is 0 Å². The summed E-state index contributed by atoms with van der Waals surface area (Å²) in [6, 6.07) is 9.37. The normalized spacial score (nSPS) is 21.5. The minimum absolute atomic E-state index is 0.00359. The first-order valence-corrected chi connectivity index (χ1v) is 7.67. The van der Waals surface area contributed by atoms with Gasteiger partial charge in [-0.1, -0.05) is 55.3 Å². The Morgan fingerprint density at radius 3 is 2.33 bits per heavy atom. The third kappa shape index (κ3) is 2.54. The molecule has 2 aliphatic rings. The Hall–Kier alpha value is -1.87. The molecule has 1 amide bonds. The summed E-state index contributed by atoms with van der Waals surface area (Å²) in [5.41, 5.74) is -0.724. The molecule has 0 bridgehead atoms. The smallest absolute Gasteiger partial charge is 0.267 e. The van der Waals surface area contributed by atoms with Crippen molar-refractivity contribution in [2.24, 2.45) is 5.92 Å². The first-order chi connectivity index (χ1) is 10.2. The maximum atomic E-state index is 13.0. The highest BCUT2D eigenvalue weighted by Crippen LogP contribution is 2.42. The predicted octanol–water partition coefficient (Wildman–Crippen LogP) is 3.32. The van der Waals surface area contributed by atoms with Crippen LogP contribution in [0.2, 0.25) is 0 Å². The molecular formula is C18H21NO2. The van der Waals surface area contributed by atoms with Crippen molar-refractivity contribution in [1.82, 2.24) is 4.90 Å². The lowest BCUT2D eigenvalue weighted by molar-refractivity contribution is -0.154. The molecule has 3 heteroatoms. The van der Waals surface area contributed by atoms with Gasteiger partial charge in [-0.3, -0.25) is 9.69 Å². The van der Waals surface area contributed by atoms with Crippen molar-refractivity contribution in [3.05, 3.63) is 60.4 Å². The molecule has 1 aromatic carbocycles. The van der Waals surface area contributed by atoms with E-state index in [1.54, 1.807) is 12.4 Å². The summed E-state index contributed by atoms with van der Waals surface area (Å²) in [7, 11) is 0. The number of nitrogens with zero attached hydrogens (tertiary/aromatic N) is 1. The van der Waals surface area contributed by atoms with Crippen LogP contribution in [-0.4, -0.2) is 15.9 Å². The van der Waals surface area contributed by atoms with E-state index in [4.69, 9.17) is 0 Å². The number of rotatable bonds is 3. The molecule has 1 saturated carbocycles. The standard InChI is InChI=1S/C18H21NO2/c20-17(19-13-7-2-8-14-19)18(21,16-11-5-6-12-16)15-9-3-1-4-10-15/h1,3-4,7-10,13-14,16,21H,2,5-6,11-12H2. The molecule has 21 heavy (non-hydrogen) atoms. The number of hydrogen-bond acceptors (Lipinski definition) is 2. The Kier molecular flexibility index (Phi) is 3.93. The van der Waals surface area contributed by atoms with Gasteiger partial charge in [0.2, 0.25) is 0 Å². The second-order valence-electron chi connectivity index (χ2n) is 5.83. The molecule has 1 unspecified atom stereocenters. The van der Waals surface area contributed by atoms with E-state index >= 15 is 0 Å². The second-order valence-corrected chi connectivity index (χ2v) is 5.83. The summed E-state index contributed by atoms with van der Waals surface area (Å²) in [5, 5.41) is 11.3. The average molecular weight is 283 g/mol. The summed E-state index contributed by atoms with van der Waals surface area (Å²) >= 11 is 0. The maximum Gasteiger partial charge on any atom is 0.267 e. The number of benzene rings is 1. The molecule has 0 saturated heterocycles. The van der Waals surface area contributed by atoms with Crippen molar-refractivity contribution in [2.45, 2.75) is 37.7 Å². The SMILES string of the molecule is O=C(N1C=CCC=C1)C(O)(c1ccccc1)C1CCCC1. The largest absolute Gasteiger partial charge is 0.375 e. The summed E-state index contributed by atoms with van der Waals surface area (Å²) < 4.78 is 0. The molecule has 3 nitrogen and oxygen atoms in total. The fraction of sp³-hybridized carbons (Fsp3) is 0.389. The highest BCUT2D eigenvalue weighted by Gasteiger charge is 2.47. The predicted molar refractivity (Wildman–Crippen MR) is 82.0 cm³/mol. The Balaban J connectivity index is 1.99. The van der Waals surface area contributed by atoms with Crippen LogP contribution < -0.4 is 0 Å². The zero-order valence-corrected chi connectivity index (χ0v) is 12.1. The zero-order valence-electron chi connectivity index (χ0n) is 12.1. The van der Waals surface area contributed by atoms with Gasteiger partial charge in [0.25, 0.3) is 5.91 Å². The fourth-order valence-corrected chi connectivity index (χ4v) is 3.38. The quantitative estimate of drug-likeness (QED) is 0.924. The van der Waals surface area contributed by atoms with Crippen LogP contribution in [0, 0.1) is 5.92 Å². The topological polar surface area (TPSA) is 40.5 Å². The first kappa shape index (κ1) is 14.1. The van der Waals surface area contributed by atoms with Gasteiger partial charge in [0.15, 0.2) is 5.60 Å². The van der Waals surface area contributed by atoms with Crippen molar-refractivity contribution in [3.63, 3.8) is 0 Å². The van der Waals surface area contributed by atoms with E-state index in [1.807, 2.05) is 42.5 Å². The number of carbonyl (C=O) groups excluding carboxylic acids is 1. The van der Waals surface area contributed by atoms with Crippen LogP contribution in [-0.2, 0) is 10.4 Å². The van der Waals surface area contributed by atoms with E-state index in [-0.39, 0.29) is 11.8 Å². The molecule has 1 aromatic rings. The van der Waals surface area contributed by atoms with Gasteiger partial charge in [-0.25, -0.2) is 0 Å². The molecule has 0 aromatic heterocycles. The summed E-state index contributed by atoms with van der Waals surface area (Å²) in [4.78, 5) is 14.5. The maximum absolute atomic E-state index is 13.0. The van der Waals surface area contributed by atoms with Crippen molar-refractivity contribution in [1.29, 1.82) is 0 Å². The van der Waals surface area contributed by atoms with Gasteiger partial charge < -0.3 is 5.11 Å². The Labute approximate surface area is 125 Å². The van der Waals surface area contributed by atoms with E-state index in [9.17, 15) is 9.90 Å². The van der Waals surface area contributed by atoms with E-state index < -0.39 is 5.60 Å². The lowest BCUT2D eigenvalue weighted by Gasteiger charge is -2.36. The lowest BCUT2D eigenvalue weighted by atomic mass is 9.79. The number of hydrogen-bond donors (Lipinski definition) is 1. The van der Waals surface area contributed by atoms with Gasteiger partial charge in [0, 0.05) is 18.3 Å². The van der Waals surface area contributed by atoms with Crippen LogP contribution in [0.25, 0.3) is 0 Å². The monoisotopic (exact) mass is 283 g/mol. The van der Waals surface area contributed by atoms with Gasteiger partial charge in [0.05, 0.1) is 0 Å². The average Bonchev–Trinajstić information content (AvgIpc) is 3.10. The lowest BCUT2D eigenvalue weighted by Crippen LogP contribution is -2.48. The van der Waals surface area contributed by atoms with Crippen LogP contribution in [0.1, 0.15) is 37.7 Å². The molecule has 1 fully saturated rings. The van der Waals surface area contributed by atoms with Crippen LogP contribution >= 0.6 is 0 Å². The molecule has 0 radical (unpaired) electrons. The molecule has 1 N–H and O–H groups in total. The molecule has 0 spiro atoms. The van der Waals surface area contributed by atoms with Gasteiger partial charge >= 0.3 is 0 Å². The highest BCUT2D eigenvalue weighted by molar-refractivity contribution is 5.88. The second kappa shape index (κ2) is 5.86. The first-order valence-electron chi connectivity index (χ1n) is 7.67. The molecule has 1 aliphatic heterocycles. The van der Waals surface area contributed by atoms with Gasteiger partial charge in [-0.05, 0) is 24.8 Å². The van der Waals surface area contributed by atoms with Gasteiger partial charge in [0.1, 0.15) is 0 Å². The van der Waals surface area contributed by atoms with Crippen molar-refractivity contribution < 1.29 is 9.90 Å². The van der Waals surface area contributed by atoms with E-state index in [1.165, 1.54) is 4.90 Å². The van der Waals surface area contributed by atoms with Crippen molar-refractivity contribution in [2.75, 3.05) is 0 Å². The highest BCUT2D eigenvalue weighted by atomic mass is 16.3. The minimum Gasteiger partial charge on any atom is -0.375 e. The summed E-state index contributed by atoms with van der Waals surface area (Å²) in [5.74, 6) is -0.246. The van der Waals surface area contributed by atoms with Crippen LogP contribution in [0.5, 0.6) is 0 Å². The fourth-order valence-electron chi connectivity index (χ4n) is 3.38. The summed E-state index contributed by atoms with van der Waals surface area (Å²) in [6.07, 6.45) is 12.2. The van der Waals surface area contributed by atoms with Crippen LogP contribution in [0.15, 0.2) is 54.9 Å².